The van der Waals surface area contributed by atoms with Gasteiger partial charge < -0.3 is 9.84 Å². The van der Waals surface area contributed by atoms with Gasteiger partial charge in [-0.2, -0.15) is 5.26 Å². The third kappa shape index (κ3) is 2.46. The Morgan fingerprint density at radius 3 is 2.79 bits per heavy atom. The maximum Gasteiger partial charge on any atom is 0.321 e. The maximum atomic E-state index is 10.8. The Kier molecular flexibility index (Phi) is 3.12. The van der Waals surface area contributed by atoms with Crippen LogP contribution in [0.15, 0.2) is 0 Å². The molecule has 14 heavy (non-hydrogen) atoms. The van der Waals surface area contributed by atoms with E-state index in [0.29, 0.717) is 19.4 Å². The second kappa shape index (κ2) is 3.97. The highest BCUT2D eigenvalue weighted by Crippen LogP contribution is 2.33. The SMILES string of the molecule is CC1(C)CC(C(C#N)C(=O)O)CCO1. The average Bonchev–Trinajstić information content (AvgIpc) is 2.02. The van der Waals surface area contributed by atoms with Crippen LogP contribution in [0.25, 0.3) is 0 Å². The minimum atomic E-state index is -1.02. The van der Waals surface area contributed by atoms with Crippen LogP contribution in [-0.2, 0) is 9.53 Å². The predicted octanol–water partition coefficient (Wildman–Crippen LogP) is 1.42. The van der Waals surface area contributed by atoms with Crippen LogP contribution in [0, 0.1) is 23.2 Å². The molecule has 0 aromatic rings. The van der Waals surface area contributed by atoms with Gasteiger partial charge in [-0.25, -0.2) is 0 Å². The predicted molar refractivity (Wildman–Crippen MR) is 49.5 cm³/mol. The highest BCUT2D eigenvalue weighted by Gasteiger charge is 2.36. The first-order valence-corrected chi connectivity index (χ1v) is 4.72. The van der Waals surface area contributed by atoms with Gasteiger partial charge in [-0.05, 0) is 32.6 Å². The fraction of sp³-hybridized carbons (Fsp3) is 0.800. The summed E-state index contributed by atoms with van der Waals surface area (Å²) in [4.78, 5) is 10.8. The molecule has 1 heterocycles. The molecule has 78 valence electrons. The van der Waals surface area contributed by atoms with E-state index in [0.717, 1.165) is 0 Å². The molecule has 0 saturated carbocycles. The smallest absolute Gasteiger partial charge is 0.321 e. The Labute approximate surface area is 83.5 Å². The monoisotopic (exact) mass is 197 g/mol. The first-order chi connectivity index (χ1) is 6.46. The highest BCUT2D eigenvalue weighted by atomic mass is 16.5. The van der Waals surface area contributed by atoms with Crippen LogP contribution in [-0.4, -0.2) is 23.3 Å². The molecule has 2 atom stereocenters. The standard InChI is InChI=1S/C10H15NO3/c1-10(2)5-7(3-4-14-10)8(6-11)9(12)13/h7-8H,3-5H2,1-2H3,(H,12,13). The molecule has 4 nitrogen and oxygen atoms in total. The lowest BCUT2D eigenvalue weighted by Crippen LogP contribution is -2.38. The normalized spacial score (nSPS) is 27.6. The molecule has 4 heteroatoms. The van der Waals surface area contributed by atoms with Crippen LogP contribution in [0.3, 0.4) is 0 Å². The van der Waals surface area contributed by atoms with Gasteiger partial charge in [0, 0.05) is 6.61 Å². The Morgan fingerprint density at radius 1 is 1.71 bits per heavy atom. The molecule has 1 fully saturated rings. The lowest BCUT2D eigenvalue weighted by Gasteiger charge is -2.36. The molecule has 0 amide bonds. The first kappa shape index (κ1) is 11.0. The van der Waals surface area contributed by atoms with Crippen LogP contribution >= 0.6 is 0 Å². The van der Waals surface area contributed by atoms with E-state index in [1.807, 2.05) is 19.9 Å². The molecule has 0 aliphatic carbocycles. The van der Waals surface area contributed by atoms with Crippen molar-refractivity contribution in [3.05, 3.63) is 0 Å². The van der Waals surface area contributed by atoms with Crippen LogP contribution in [0.5, 0.6) is 0 Å². The van der Waals surface area contributed by atoms with Crippen molar-refractivity contribution in [2.75, 3.05) is 6.61 Å². The zero-order valence-electron chi connectivity index (χ0n) is 8.49. The summed E-state index contributed by atoms with van der Waals surface area (Å²) in [7, 11) is 0. The molecule has 1 aliphatic heterocycles. The number of rotatable bonds is 2. The number of ether oxygens (including phenoxy) is 1. The van der Waals surface area contributed by atoms with Crippen LogP contribution in [0.2, 0.25) is 0 Å². The average molecular weight is 197 g/mol. The van der Waals surface area contributed by atoms with Crippen LogP contribution < -0.4 is 0 Å². The molecule has 0 bridgehead atoms. The van der Waals surface area contributed by atoms with Gasteiger partial charge in [0.25, 0.3) is 0 Å². The number of nitriles is 1. The van der Waals surface area contributed by atoms with E-state index < -0.39 is 11.9 Å². The summed E-state index contributed by atoms with van der Waals surface area (Å²) >= 11 is 0. The van der Waals surface area contributed by atoms with Gasteiger partial charge in [-0.15, -0.1) is 0 Å². The second-order valence-corrected chi connectivity index (χ2v) is 4.31. The Hall–Kier alpha value is -1.08. The van der Waals surface area contributed by atoms with Crippen molar-refractivity contribution in [1.29, 1.82) is 5.26 Å². The summed E-state index contributed by atoms with van der Waals surface area (Å²) in [5.74, 6) is -1.99. The van der Waals surface area contributed by atoms with E-state index in [9.17, 15) is 4.79 Å². The van der Waals surface area contributed by atoms with E-state index in [2.05, 4.69) is 0 Å². The van der Waals surface area contributed by atoms with Gasteiger partial charge >= 0.3 is 5.97 Å². The molecular formula is C10H15NO3. The van der Waals surface area contributed by atoms with Crippen molar-refractivity contribution in [3.8, 4) is 6.07 Å². The number of carboxylic acid groups (broad SMARTS) is 1. The Bertz CT molecular complexity index is 267. The van der Waals surface area contributed by atoms with Crippen molar-refractivity contribution < 1.29 is 14.6 Å². The van der Waals surface area contributed by atoms with E-state index in [1.165, 1.54) is 0 Å². The maximum absolute atomic E-state index is 10.8. The lowest BCUT2D eigenvalue weighted by molar-refractivity contribution is -0.145. The fourth-order valence-electron chi connectivity index (χ4n) is 1.93. The third-order valence-electron chi connectivity index (χ3n) is 2.61. The van der Waals surface area contributed by atoms with Crippen LogP contribution in [0.4, 0.5) is 0 Å². The number of carboxylic acids is 1. The first-order valence-electron chi connectivity index (χ1n) is 4.72. The van der Waals surface area contributed by atoms with Gasteiger partial charge in [0.05, 0.1) is 11.7 Å². The number of carbonyl (C=O) groups is 1. The number of hydrogen-bond acceptors (Lipinski definition) is 3. The number of nitrogens with zero attached hydrogens (tertiary/aromatic N) is 1. The molecule has 0 aromatic carbocycles. The summed E-state index contributed by atoms with van der Waals surface area (Å²) in [6.45, 7) is 4.40. The minimum absolute atomic E-state index is 0.0822. The van der Waals surface area contributed by atoms with E-state index >= 15 is 0 Å². The zero-order chi connectivity index (χ0) is 10.8. The van der Waals surface area contributed by atoms with E-state index in [4.69, 9.17) is 15.1 Å². The highest BCUT2D eigenvalue weighted by molar-refractivity contribution is 5.73. The van der Waals surface area contributed by atoms with Gasteiger partial charge in [-0.1, -0.05) is 0 Å². The molecule has 0 aromatic heterocycles. The molecule has 1 saturated heterocycles. The molecule has 2 unspecified atom stereocenters. The van der Waals surface area contributed by atoms with Crippen molar-refractivity contribution in [2.45, 2.75) is 32.3 Å². The summed E-state index contributed by atoms with van der Waals surface area (Å²) in [6, 6.07) is 1.85. The number of aliphatic carboxylic acids is 1. The van der Waals surface area contributed by atoms with Gasteiger partial charge in [-0.3, -0.25) is 4.79 Å². The third-order valence-corrected chi connectivity index (χ3v) is 2.61. The Balaban J connectivity index is 2.69. The van der Waals surface area contributed by atoms with Crippen molar-refractivity contribution >= 4 is 5.97 Å². The molecule has 1 rings (SSSR count). The molecular weight excluding hydrogens is 182 g/mol. The largest absolute Gasteiger partial charge is 0.480 e. The van der Waals surface area contributed by atoms with Gasteiger partial charge in [0.15, 0.2) is 0 Å². The molecule has 1 aliphatic rings. The fourth-order valence-corrected chi connectivity index (χ4v) is 1.93. The molecule has 0 spiro atoms. The quantitative estimate of drug-likeness (QED) is 0.726. The molecule has 0 radical (unpaired) electrons. The summed E-state index contributed by atoms with van der Waals surface area (Å²) in [5.41, 5.74) is -0.298. The summed E-state index contributed by atoms with van der Waals surface area (Å²) in [6.07, 6.45) is 1.30. The number of hydrogen-bond donors (Lipinski definition) is 1. The topological polar surface area (TPSA) is 70.3 Å². The lowest BCUT2D eigenvalue weighted by atomic mass is 9.80. The van der Waals surface area contributed by atoms with Crippen molar-refractivity contribution in [1.82, 2.24) is 0 Å². The minimum Gasteiger partial charge on any atom is -0.480 e. The summed E-state index contributed by atoms with van der Waals surface area (Å²) < 4.78 is 5.47. The van der Waals surface area contributed by atoms with Gasteiger partial charge in [0.2, 0.25) is 0 Å². The van der Waals surface area contributed by atoms with Gasteiger partial charge in [0.1, 0.15) is 5.92 Å². The van der Waals surface area contributed by atoms with Crippen molar-refractivity contribution in [3.63, 3.8) is 0 Å². The zero-order valence-corrected chi connectivity index (χ0v) is 8.49. The van der Waals surface area contributed by atoms with Crippen molar-refractivity contribution in [2.24, 2.45) is 11.8 Å². The van der Waals surface area contributed by atoms with Crippen LogP contribution in [0.1, 0.15) is 26.7 Å². The Morgan fingerprint density at radius 2 is 2.36 bits per heavy atom. The van der Waals surface area contributed by atoms with E-state index in [-0.39, 0.29) is 11.5 Å². The second-order valence-electron chi connectivity index (χ2n) is 4.31. The van der Waals surface area contributed by atoms with E-state index in [1.54, 1.807) is 0 Å². The summed E-state index contributed by atoms with van der Waals surface area (Å²) in [5, 5.41) is 17.6. The molecule has 1 N–H and O–H groups in total.